The first kappa shape index (κ1) is 12.5. The fourth-order valence-electron chi connectivity index (χ4n) is 4.30. The Morgan fingerprint density at radius 1 is 1.00 bits per heavy atom. The Hall–Kier alpha value is -0.570. The van der Waals surface area contributed by atoms with Gasteiger partial charge in [-0.2, -0.15) is 0 Å². The van der Waals surface area contributed by atoms with Gasteiger partial charge in [0, 0.05) is 25.0 Å². The first-order chi connectivity index (χ1) is 8.74. The fraction of sp³-hybridized carbons (Fsp3) is 0.933. The molecule has 0 bridgehead atoms. The highest BCUT2D eigenvalue weighted by Gasteiger charge is 2.36. The van der Waals surface area contributed by atoms with Crippen LogP contribution in [-0.4, -0.2) is 29.9 Å². The Morgan fingerprint density at radius 2 is 1.78 bits per heavy atom. The van der Waals surface area contributed by atoms with Crippen LogP contribution in [0, 0.1) is 17.8 Å². The topological polar surface area (TPSA) is 46.3 Å². The minimum absolute atomic E-state index is 0.236. The molecule has 2 saturated carbocycles. The molecule has 3 rings (SSSR count). The van der Waals surface area contributed by atoms with Crippen LogP contribution in [0.25, 0.3) is 0 Å². The first-order valence-corrected chi connectivity index (χ1v) is 7.78. The summed E-state index contributed by atoms with van der Waals surface area (Å²) >= 11 is 0. The number of nitrogens with two attached hydrogens (primary N) is 1. The minimum atomic E-state index is 0.236. The molecule has 1 heterocycles. The third kappa shape index (κ3) is 2.42. The lowest BCUT2D eigenvalue weighted by Crippen LogP contribution is -2.46. The highest BCUT2D eigenvalue weighted by Crippen LogP contribution is 2.37. The normalized spacial score (nSPS) is 40.6. The van der Waals surface area contributed by atoms with Crippen LogP contribution in [0.15, 0.2) is 0 Å². The molecule has 4 unspecified atom stereocenters. The number of hydrogen-bond donors (Lipinski definition) is 1. The zero-order valence-electron chi connectivity index (χ0n) is 11.3. The summed E-state index contributed by atoms with van der Waals surface area (Å²) in [6.07, 6.45) is 9.75. The smallest absolute Gasteiger partial charge is 0.225 e. The molecule has 3 aliphatic rings. The first-order valence-electron chi connectivity index (χ1n) is 7.78. The van der Waals surface area contributed by atoms with Crippen LogP contribution in [0.2, 0.25) is 0 Å². The van der Waals surface area contributed by atoms with E-state index in [4.69, 9.17) is 5.73 Å². The van der Waals surface area contributed by atoms with Gasteiger partial charge in [-0.3, -0.25) is 4.79 Å². The van der Waals surface area contributed by atoms with E-state index in [1.165, 1.54) is 32.1 Å². The molecule has 0 aromatic rings. The highest BCUT2D eigenvalue weighted by atomic mass is 16.2. The Bertz CT molecular complexity index is 318. The maximum Gasteiger partial charge on any atom is 0.225 e. The Morgan fingerprint density at radius 3 is 2.50 bits per heavy atom. The highest BCUT2D eigenvalue weighted by molar-refractivity contribution is 5.79. The van der Waals surface area contributed by atoms with Gasteiger partial charge in [-0.15, -0.1) is 0 Å². The van der Waals surface area contributed by atoms with Crippen molar-refractivity contribution in [3.63, 3.8) is 0 Å². The van der Waals surface area contributed by atoms with Crippen LogP contribution in [0.5, 0.6) is 0 Å². The lowest BCUT2D eigenvalue weighted by Gasteiger charge is -2.42. The number of amides is 1. The molecule has 3 fully saturated rings. The van der Waals surface area contributed by atoms with Crippen LogP contribution in [0.1, 0.15) is 51.4 Å². The molecule has 0 radical (unpaired) electrons. The number of likely N-dealkylation sites (tertiary alicyclic amines) is 1. The summed E-state index contributed by atoms with van der Waals surface area (Å²) in [7, 11) is 0. The number of piperidine rings is 1. The standard InChI is InChI=1S/C15H26N2O/c16-14-6-5-12(9-14)15(18)17-8-7-11-3-1-2-4-13(11)10-17/h11-14H,1-10,16H2. The van der Waals surface area contributed by atoms with Crippen LogP contribution >= 0.6 is 0 Å². The maximum absolute atomic E-state index is 12.5. The van der Waals surface area contributed by atoms with Crippen molar-refractivity contribution >= 4 is 5.91 Å². The van der Waals surface area contributed by atoms with Crippen LogP contribution in [-0.2, 0) is 4.79 Å². The average molecular weight is 250 g/mol. The van der Waals surface area contributed by atoms with Crippen LogP contribution in [0.3, 0.4) is 0 Å². The average Bonchev–Trinajstić information content (AvgIpc) is 2.84. The second-order valence-electron chi connectivity index (χ2n) is 6.65. The van der Waals surface area contributed by atoms with E-state index in [9.17, 15) is 4.79 Å². The van der Waals surface area contributed by atoms with Gasteiger partial charge in [-0.1, -0.05) is 19.3 Å². The molecule has 1 amide bonds. The summed E-state index contributed by atoms with van der Waals surface area (Å²) in [6, 6.07) is 0.270. The van der Waals surface area contributed by atoms with Gasteiger partial charge < -0.3 is 10.6 Å². The molecular weight excluding hydrogens is 224 g/mol. The summed E-state index contributed by atoms with van der Waals surface area (Å²) < 4.78 is 0. The Labute approximate surface area is 110 Å². The van der Waals surface area contributed by atoms with Crippen molar-refractivity contribution in [2.24, 2.45) is 23.5 Å². The molecule has 3 heteroatoms. The Balaban J connectivity index is 1.58. The third-order valence-electron chi connectivity index (χ3n) is 5.43. The number of hydrogen-bond acceptors (Lipinski definition) is 2. The zero-order chi connectivity index (χ0) is 12.5. The van der Waals surface area contributed by atoms with Gasteiger partial charge in [0.05, 0.1) is 0 Å². The summed E-state index contributed by atoms with van der Waals surface area (Å²) in [5, 5.41) is 0. The lowest BCUT2D eigenvalue weighted by atomic mass is 9.75. The minimum Gasteiger partial charge on any atom is -0.342 e. The quantitative estimate of drug-likeness (QED) is 0.775. The third-order valence-corrected chi connectivity index (χ3v) is 5.43. The summed E-state index contributed by atoms with van der Waals surface area (Å²) in [5.74, 6) is 2.35. The predicted octanol–water partition coefficient (Wildman–Crippen LogP) is 2.15. The second kappa shape index (κ2) is 5.20. The number of nitrogens with zero attached hydrogens (tertiary/aromatic N) is 1. The van der Waals surface area contributed by atoms with Crippen LogP contribution in [0.4, 0.5) is 0 Å². The SMILES string of the molecule is NC1CCC(C(=O)N2CCC3CCCCC3C2)C1. The van der Waals surface area contributed by atoms with Crippen molar-refractivity contribution in [1.29, 1.82) is 0 Å². The van der Waals surface area contributed by atoms with Crippen molar-refractivity contribution in [3.8, 4) is 0 Å². The van der Waals surface area contributed by atoms with Crippen molar-refractivity contribution in [3.05, 3.63) is 0 Å². The second-order valence-corrected chi connectivity index (χ2v) is 6.65. The van der Waals surface area contributed by atoms with E-state index in [0.717, 1.165) is 44.2 Å². The molecule has 102 valence electrons. The molecule has 4 atom stereocenters. The van der Waals surface area contributed by atoms with E-state index < -0.39 is 0 Å². The summed E-state index contributed by atoms with van der Waals surface area (Å²) in [4.78, 5) is 14.7. The van der Waals surface area contributed by atoms with Crippen molar-refractivity contribution < 1.29 is 4.79 Å². The summed E-state index contributed by atoms with van der Waals surface area (Å²) in [6.45, 7) is 2.04. The lowest BCUT2D eigenvalue weighted by molar-refractivity contribution is -0.138. The van der Waals surface area contributed by atoms with Crippen molar-refractivity contribution in [2.75, 3.05) is 13.1 Å². The van der Waals surface area contributed by atoms with Gasteiger partial charge in [-0.25, -0.2) is 0 Å². The van der Waals surface area contributed by atoms with Gasteiger partial charge in [0.2, 0.25) is 5.91 Å². The molecule has 18 heavy (non-hydrogen) atoms. The van der Waals surface area contributed by atoms with E-state index in [-0.39, 0.29) is 12.0 Å². The molecule has 3 nitrogen and oxygen atoms in total. The summed E-state index contributed by atoms with van der Waals surface area (Å²) in [5.41, 5.74) is 5.93. The molecule has 2 aliphatic carbocycles. The van der Waals surface area contributed by atoms with Gasteiger partial charge in [0.1, 0.15) is 0 Å². The van der Waals surface area contributed by atoms with Gasteiger partial charge in [0.15, 0.2) is 0 Å². The van der Waals surface area contributed by atoms with E-state index in [0.29, 0.717) is 5.91 Å². The molecule has 0 aromatic heterocycles. The van der Waals surface area contributed by atoms with Gasteiger partial charge in [-0.05, 0) is 43.9 Å². The van der Waals surface area contributed by atoms with E-state index in [1.54, 1.807) is 0 Å². The zero-order valence-corrected chi connectivity index (χ0v) is 11.3. The van der Waals surface area contributed by atoms with Crippen molar-refractivity contribution in [2.45, 2.75) is 57.4 Å². The number of fused-ring (bicyclic) bond motifs is 1. The molecule has 1 saturated heterocycles. The molecule has 0 spiro atoms. The van der Waals surface area contributed by atoms with E-state index in [2.05, 4.69) is 4.90 Å². The monoisotopic (exact) mass is 250 g/mol. The van der Waals surface area contributed by atoms with Crippen LogP contribution < -0.4 is 5.73 Å². The van der Waals surface area contributed by atoms with Gasteiger partial charge >= 0.3 is 0 Å². The van der Waals surface area contributed by atoms with Gasteiger partial charge in [0.25, 0.3) is 0 Å². The maximum atomic E-state index is 12.5. The Kier molecular flexibility index (Phi) is 3.60. The predicted molar refractivity (Wildman–Crippen MR) is 72.0 cm³/mol. The molecular formula is C15H26N2O. The molecule has 0 aromatic carbocycles. The largest absolute Gasteiger partial charge is 0.342 e. The number of rotatable bonds is 1. The number of carbonyl (C=O) groups is 1. The molecule has 2 N–H and O–H groups in total. The van der Waals surface area contributed by atoms with E-state index in [1.807, 2.05) is 0 Å². The fourth-order valence-corrected chi connectivity index (χ4v) is 4.30. The number of carbonyl (C=O) groups excluding carboxylic acids is 1. The molecule has 1 aliphatic heterocycles. The van der Waals surface area contributed by atoms with E-state index >= 15 is 0 Å². The van der Waals surface area contributed by atoms with Crippen molar-refractivity contribution in [1.82, 2.24) is 4.90 Å².